The first kappa shape index (κ1) is 46.0. The van der Waals surface area contributed by atoms with Gasteiger partial charge in [-0.05, 0) is 49.1 Å². The average molecular weight is 832 g/mol. The molecule has 5 rings (SSSR count). The smallest absolute Gasteiger partial charge is 0.330 e. The first-order valence-electron chi connectivity index (χ1n) is 21.4. The summed E-state index contributed by atoms with van der Waals surface area (Å²) >= 11 is 0. The maximum atomic E-state index is 10.8. The molecule has 1 fully saturated rings. The summed E-state index contributed by atoms with van der Waals surface area (Å²) in [6.07, 6.45) is 25.2. The second-order valence-corrected chi connectivity index (χ2v) is 16.4. The van der Waals surface area contributed by atoms with Gasteiger partial charge in [-0.25, -0.2) is 19.2 Å². The van der Waals surface area contributed by atoms with E-state index in [9.17, 15) is 15.4 Å². The van der Waals surface area contributed by atoms with Gasteiger partial charge in [0.25, 0.3) is 0 Å². The number of nitriles is 2. The quantitative estimate of drug-likeness (QED) is 0.0373. The van der Waals surface area contributed by atoms with E-state index in [-0.39, 0.29) is 26.4 Å². The van der Waals surface area contributed by atoms with E-state index in [0.717, 1.165) is 24.1 Å². The minimum absolute atomic E-state index is 0.00627. The SMILES string of the molecule is CCCCCCCCCCCCCCCCCCOCC(COP(O)OCC1(C#N)CCC(c2ccc3c(N)ncnn23)O1)OCc1ccc(C#N)c(-n2cncn2)c1. The molecule has 3 N–H and O–H groups in total. The Bertz CT molecular complexity index is 1880. The first-order valence-corrected chi connectivity index (χ1v) is 22.6. The van der Waals surface area contributed by atoms with Crippen LogP contribution in [0.15, 0.2) is 49.3 Å². The predicted octanol–water partition coefficient (Wildman–Crippen LogP) is 8.99. The Labute approximate surface area is 350 Å². The molecule has 59 heavy (non-hydrogen) atoms. The van der Waals surface area contributed by atoms with E-state index in [1.807, 2.05) is 24.3 Å². The largest absolute Gasteiger partial charge is 0.382 e. The number of nitrogens with zero attached hydrogens (tertiary/aromatic N) is 8. The van der Waals surface area contributed by atoms with Crippen molar-refractivity contribution in [1.29, 1.82) is 10.5 Å². The van der Waals surface area contributed by atoms with Crippen LogP contribution in [0.5, 0.6) is 0 Å². The number of hydrogen-bond donors (Lipinski definition) is 2. The highest BCUT2D eigenvalue weighted by molar-refractivity contribution is 7.40. The molecule has 4 aromatic rings. The fourth-order valence-electron chi connectivity index (χ4n) is 7.35. The minimum atomic E-state index is -2.36. The van der Waals surface area contributed by atoms with Crippen molar-refractivity contribution in [2.24, 2.45) is 0 Å². The van der Waals surface area contributed by atoms with Gasteiger partial charge in [-0.1, -0.05) is 109 Å². The molecule has 1 aliphatic heterocycles. The average Bonchev–Trinajstić information content (AvgIpc) is 4.05. The molecule has 0 saturated carbocycles. The maximum absolute atomic E-state index is 10.8. The van der Waals surface area contributed by atoms with Gasteiger partial charge >= 0.3 is 8.60 Å². The highest BCUT2D eigenvalue weighted by Crippen LogP contribution is 2.43. The van der Waals surface area contributed by atoms with E-state index in [0.29, 0.717) is 42.0 Å². The van der Waals surface area contributed by atoms with Gasteiger partial charge in [0.15, 0.2) is 11.4 Å². The lowest BCUT2D eigenvalue weighted by Crippen LogP contribution is -2.32. The van der Waals surface area contributed by atoms with Crippen LogP contribution < -0.4 is 5.73 Å². The van der Waals surface area contributed by atoms with E-state index in [1.165, 1.54) is 114 Å². The molecule has 1 saturated heterocycles. The number of aromatic nitrogens is 6. The number of benzene rings is 1. The molecule has 16 heteroatoms. The summed E-state index contributed by atoms with van der Waals surface area (Å²) in [4.78, 5) is 18.8. The summed E-state index contributed by atoms with van der Waals surface area (Å²) < 4.78 is 33.1. The van der Waals surface area contributed by atoms with Crippen molar-refractivity contribution >= 4 is 19.9 Å². The topological polar surface area (TPSA) is 201 Å². The molecule has 1 aliphatic rings. The molecular formula is C43H62N9O6P. The maximum Gasteiger partial charge on any atom is 0.330 e. The van der Waals surface area contributed by atoms with Crippen LogP contribution in [0.25, 0.3) is 11.2 Å². The van der Waals surface area contributed by atoms with Gasteiger partial charge in [-0.2, -0.15) is 20.7 Å². The van der Waals surface area contributed by atoms with Crippen LogP contribution in [0, 0.1) is 22.7 Å². The summed E-state index contributed by atoms with van der Waals surface area (Å²) in [5, 5.41) is 28.2. The van der Waals surface area contributed by atoms with Gasteiger partial charge in [-0.15, -0.1) is 0 Å². The molecule has 0 amide bonds. The summed E-state index contributed by atoms with van der Waals surface area (Å²) in [6.45, 7) is 3.13. The third kappa shape index (κ3) is 14.9. The number of hydrogen-bond acceptors (Lipinski definition) is 13. The second-order valence-electron chi connectivity index (χ2n) is 15.4. The van der Waals surface area contributed by atoms with E-state index in [1.54, 1.807) is 10.6 Å². The summed E-state index contributed by atoms with van der Waals surface area (Å²) in [7, 11) is -2.36. The van der Waals surface area contributed by atoms with Gasteiger partial charge in [0, 0.05) is 6.61 Å². The molecular weight excluding hydrogens is 770 g/mol. The molecule has 0 aliphatic carbocycles. The summed E-state index contributed by atoms with van der Waals surface area (Å²) in [5.41, 5.74) is 7.99. The number of unbranched alkanes of at least 4 members (excludes halogenated alkanes) is 15. The van der Waals surface area contributed by atoms with Gasteiger partial charge in [0.2, 0.25) is 0 Å². The number of nitrogen functional groups attached to an aromatic ring is 1. The van der Waals surface area contributed by atoms with Gasteiger partial charge in [0.1, 0.15) is 48.8 Å². The van der Waals surface area contributed by atoms with E-state index in [2.05, 4.69) is 39.2 Å². The predicted molar refractivity (Wildman–Crippen MR) is 225 cm³/mol. The van der Waals surface area contributed by atoms with Crippen LogP contribution in [-0.2, 0) is 29.9 Å². The Morgan fingerprint density at radius 1 is 0.915 bits per heavy atom. The second kappa shape index (κ2) is 25.5. The Morgan fingerprint density at radius 2 is 1.63 bits per heavy atom. The van der Waals surface area contributed by atoms with Crippen LogP contribution in [-0.4, -0.2) is 72.4 Å². The van der Waals surface area contributed by atoms with Crippen molar-refractivity contribution in [3.05, 3.63) is 66.1 Å². The summed E-state index contributed by atoms with van der Waals surface area (Å²) in [5.74, 6) is 0.350. The van der Waals surface area contributed by atoms with Gasteiger partial charge < -0.3 is 33.9 Å². The standard InChI is InChI=1S/C43H62N9O6P/c1-2-3-4-5-6-7-8-9-10-11-12-13-14-15-16-17-24-54-28-37(55-27-35-18-19-36(26-44)40(25-35)51-34-47-32-49-51)29-56-59(53)57-31-43(30-45)23-22-41(58-43)38-20-21-39-42(46)48-33-50-52(38)39/h18-21,25,32-34,37,41,53H,2-17,22-24,27-29,31H2,1H3,(H2,46,48,50). The minimum Gasteiger partial charge on any atom is -0.382 e. The lowest BCUT2D eigenvalue weighted by atomic mass is 10.0. The van der Waals surface area contributed by atoms with Crippen molar-refractivity contribution in [2.75, 3.05) is 32.2 Å². The van der Waals surface area contributed by atoms with Crippen molar-refractivity contribution in [3.63, 3.8) is 0 Å². The Hall–Kier alpha value is -4.05. The number of anilines is 1. The Kier molecular flexibility index (Phi) is 19.9. The molecule has 3 aromatic heterocycles. The highest BCUT2D eigenvalue weighted by atomic mass is 31.2. The third-order valence-corrected chi connectivity index (χ3v) is 11.5. The monoisotopic (exact) mass is 831 g/mol. The lowest BCUT2D eigenvalue weighted by molar-refractivity contribution is -0.0539. The van der Waals surface area contributed by atoms with E-state index in [4.69, 9.17) is 29.0 Å². The van der Waals surface area contributed by atoms with E-state index >= 15 is 0 Å². The van der Waals surface area contributed by atoms with Crippen molar-refractivity contribution < 1.29 is 28.2 Å². The van der Waals surface area contributed by atoms with Crippen molar-refractivity contribution in [1.82, 2.24) is 29.4 Å². The van der Waals surface area contributed by atoms with E-state index < -0.39 is 26.4 Å². The molecule has 320 valence electrons. The lowest BCUT2D eigenvalue weighted by Gasteiger charge is -2.24. The molecule has 1 aromatic carbocycles. The Balaban J connectivity index is 1.03. The van der Waals surface area contributed by atoms with Crippen LogP contribution >= 0.6 is 8.60 Å². The molecule has 0 bridgehead atoms. The van der Waals surface area contributed by atoms with Crippen LogP contribution in [0.1, 0.15) is 145 Å². The van der Waals surface area contributed by atoms with Gasteiger partial charge in [0.05, 0.1) is 43.4 Å². The normalized spacial score (nSPS) is 17.6. The van der Waals surface area contributed by atoms with Gasteiger partial charge in [-0.3, -0.25) is 0 Å². The fraction of sp³-hybridized carbons (Fsp3) is 0.628. The molecule has 4 unspecified atom stereocenters. The van der Waals surface area contributed by atoms with Crippen molar-refractivity contribution in [3.8, 4) is 17.8 Å². The number of rotatable bonds is 30. The molecule has 15 nitrogen and oxygen atoms in total. The van der Waals surface area contributed by atoms with Crippen LogP contribution in [0.2, 0.25) is 0 Å². The highest BCUT2D eigenvalue weighted by Gasteiger charge is 2.43. The summed E-state index contributed by atoms with van der Waals surface area (Å²) in [6, 6.07) is 13.5. The zero-order chi connectivity index (χ0) is 41.5. The molecule has 0 spiro atoms. The third-order valence-electron chi connectivity index (χ3n) is 10.8. The zero-order valence-corrected chi connectivity index (χ0v) is 35.5. The first-order chi connectivity index (χ1) is 28.9. The van der Waals surface area contributed by atoms with Crippen LogP contribution in [0.3, 0.4) is 0 Å². The fourth-order valence-corrected chi connectivity index (χ4v) is 8.04. The molecule has 4 heterocycles. The Morgan fingerprint density at radius 3 is 2.29 bits per heavy atom. The number of nitrogens with two attached hydrogens (primary N) is 1. The number of fused-ring (bicyclic) bond motifs is 1. The zero-order valence-electron chi connectivity index (χ0n) is 34.6. The molecule has 4 atom stereocenters. The molecule has 0 radical (unpaired) electrons. The number of ether oxygens (including phenoxy) is 3. The van der Waals surface area contributed by atoms with Crippen LogP contribution in [0.4, 0.5) is 5.82 Å². The van der Waals surface area contributed by atoms with Crippen molar-refractivity contribution in [2.45, 2.75) is 147 Å².